The Morgan fingerprint density at radius 1 is 1.16 bits per heavy atom. The molecule has 1 atom stereocenters. The normalized spacial score (nSPS) is 15.9. The summed E-state index contributed by atoms with van der Waals surface area (Å²) in [5.41, 5.74) is 5.85. The molecule has 2 rings (SSSR count). The summed E-state index contributed by atoms with van der Waals surface area (Å²) in [5.74, 6) is 0.676. The molecule has 1 aliphatic carbocycles. The standard InChI is InChI=1S/C19H29N3O3/c1-3-14(2)16-11-7-8-12-17(16)25-13-18(23)21-22-19(24)20-15-9-5-4-6-10-15/h7-8,11-12,14-15H,3-6,9-10,13H2,1-2H3,(H,21,23)(H2,20,22,24)/t14-/m1/s1. The first-order valence-corrected chi connectivity index (χ1v) is 9.17. The number of urea groups is 1. The van der Waals surface area contributed by atoms with Crippen molar-refractivity contribution in [3.05, 3.63) is 29.8 Å². The molecule has 138 valence electrons. The number of amides is 3. The van der Waals surface area contributed by atoms with Gasteiger partial charge in [-0.1, -0.05) is 51.3 Å². The number of benzene rings is 1. The minimum atomic E-state index is -0.391. The van der Waals surface area contributed by atoms with E-state index >= 15 is 0 Å². The average molecular weight is 347 g/mol. The molecular formula is C19H29N3O3. The predicted molar refractivity (Wildman–Crippen MR) is 97.3 cm³/mol. The molecular weight excluding hydrogens is 318 g/mol. The van der Waals surface area contributed by atoms with E-state index in [2.05, 4.69) is 30.0 Å². The maximum atomic E-state index is 11.9. The van der Waals surface area contributed by atoms with E-state index in [0.29, 0.717) is 11.7 Å². The average Bonchev–Trinajstić information content (AvgIpc) is 2.65. The summed E-state index contributed by atoms with van der Waals surface area (Å²) in [7, 11) is 0. The number of carbonyl (C=O) groups excluding carboxylic acids is 2. The van der Waals surface area contributed by atoms with Crippen LogP contribution in [-0.4, -0.2) is 24.6 Å². The maximum absolute atomic E-state index is 11.9. The third kappa shape index (κ3) is 6.29. The fraction of sp³-hybridized carbons (Fsp3) is 0.579. The second kappa shape index (κ2) is 9.91. The van der Waals surface area contributed by atoms with Gasteiger partial charge < -0.3 is 10.1 Å². The molecule has 1 aromatic rings. The fourth-order valence-electron chi connectivity index (χ4n) is 3.01. The molecule has 1 saturated carbocycles. The van der Waals surface area contributed by atoms with Crippen molar-refractivity contribution in [1.29, 1.82) is 0 Å². The highest BCUT2D eigenvalue weighted by Gasteiger charge is 2.16. The molecule has 0 saturated heterocycles. The van der Waals surface area contributed by atoms with Gasteiger partial charge >= 0.3 is 6.03 Å². The van der Waals surface area contributed by atoms with Crippen molar-refractivity contribution >= 4 is 11.9 Å². The van der Waals surface area contributed by atoms with Crippen LogP contribution in [0.5, 0.6) is 5.75 Å². The van der Waals surface area contributed by atoms with Crippen LogP contribution in [0.15, 0.2) is 24.3 Å². The number of rotatable bonds is 6. The van der Waals surface area contributed by atoms with Gasteiger partial charge in [0.15, 0.2) is 6.61 Å². The molecule has 3 N–H and O–H groups in total. The van der Waals surface area contributed by atoms with Crippen LogP contribution in [0.25, 0.3) is 0 Å². The largest absolute Gasteiger partial charge is 0.483 e. The predicted octanol–water partition coefficient (Wildman–Crippen LogP) is 3.24. The Kier molecular flexibility index (Phi) is 7.57. The van der Waals surface area contributed by atoms with Gasteiger partial charge in [-0.15, -0.1) is 0 Å². The number of hydrogen-bond donors (Lipinski definition) is 3. The quantitative estimate of drug-likeness (QED) is 0.691. The van der Waals surface area contributed by atoms with E-state index in [1.807, 2.05) is 24.3 Å². The van der Waals surface area contributed by atoms with Crippen LogP contribution in [0.4, 0.5) is 4.79 Å². The molecule has 25 heavy (non-hydrogen) atoms. The van der Waals surface area contributed by atoms with Crippen LogP contribution < -0.4 is 20.9 Å². The topological polar surface area (TPSA) is 79.5 Å². The van der Waals surface area contributed by atoms with Crippen LogP contribution >= 0.6 is 0 Å². The minimum Gasteiger partial charge on any atom is -0.483 e. The van der Waals surface area contributed by atoms with Gasteiger partial charge in [-0.05, 0) is 36.8 Å². The summed E-state index contributed by atoms with van der Waals surface area (Å²) in [6.45, 7) is 4.10. The number of hydrogen-bond acceptors (Lipinski definition) is 3. The van der Waals surface area contributed by atoms with Gasteiger partial charge in [0.2, 0.25) is 0 Å². The number of nitrogens with one attached hydrogen (secondary N) is 3. The molecule has 0 aliphatic heterocycles. The molecule has 0 bridgehead atoms. The van der Waals surface area contributed by atoms with E-state index in [0.717, 1.165) is 37.7 Å². The van der Waals surface area contributed by atoms with Crippen molar-refractivity contribution in [2.24, 2.45) is 0 Å². The molecule has 6 nitrogen and oxygen atoms in total. The summed E-state index contributed by atoms with van der Waals surface area (Å²) in [6.07, 6.45) is 6.50. The van der Waals surface area contributed by atoms with E-state index in [1.165, 1.54) is 6.42 Å². The van der Waals surface area contributed by atoms with Gasteiger partial charge in [0, 0.05) is 6.04 Å². The lowest BCUT2D eigenvalue weighted by atomic mass is 9.96. The third-order valence-corrected chi connectivity index (χ3v) is 4.68. The van der Waals surface area contributed by atoms with Crippen LogP contribution in [-0.2, 0) is 4.79 Å². The molecule has 1 aromatic carbocycles. The fourth-order valence-corrected chi connectivity index (χ4v) is 3.01. The van der Waals surface area contributed by atoms with Crippen molar-refractivity contribution in [2.75, 3.05) is 6.61 Å². The van der Waals surface area contributed by atoms with Gasteiger partial charge in [0.25, 0.3) is 5.91 Å². The number of carbonyl (C=O) groups is 2. The van der Waals surface area contributed by atoms with E-state index in [4.69, 9.17) is 4.74 Å². The summed E-state index contributed by atoms with van der Waals surface area (Å²) < 4.78 is 5.62. The van der Waals surface area contributed by atoms with E-state index in [1.54, 1.807) is 0 Å². The SMILES string of the molecule is CC[C@@H](C)c1ccccc1OCC(=O)NNC(=O)NC1CCCCC1. The van der Waals surface area contributed by atoms with E-state index in [-0.39, 0.29) is 18.7 Å². The molecule has 1 aliphatic rings. The van der Waals surface area contributed by atoms with Crippen molar-refractivity contribution in [1.82, 2.24) is 16.2 Å². The highest BCUT2D eigenvalue weighted by molar-refractivity contribution is 5.82. The van der Waals surface area contributed by atoms with E-state index in [9.17, 15) is 9.59 Å². The van der Waals surface area contributed by atoms with Crippen molar-refractivity contribution in [3.63, 3.8) is 0 Å². The molecule has 1 fully saturated rings. The molecule has 3 amide bonds. The third-order valence-electron chi connectivity index (χ3n) is 4.68. The molecule has 0 unspecified atom stereocenters. The number of ether oxygens (including phenoxy) is 1. The van der Waals surface area contributed by atoms with Gasteiger partial charge in [-0.25, -0.2) is 10.2 Å². The lowest BCUT2D eigenvalue weighted by Crippen LogP contribution is -2.51. The number of para-hydroxylation sites is 1. The van der Waals surface area contributed by atoms with Gasteiger partial charge in [-0.2, -0.15) is 0 Å². The van der Waals surface area contributed by atoms with Crippen molar-refractivity contribution < 1.29 is 14.3 Å². The van der Waals surface area contributed by atoms with Gasteiger partial charge in [-0.3, -0.25) is 10.2 Å². The molecule has 0 spiro atoms. The Morgan fingerprint density at radius 2 is 1.88 bits per heavy atom. The van der Waals surface area contributed by atoms with Gasteiger partial charge in [0.05, 0.1) is 0 Å². The summed E-state index contributed by atoms with van der Waals surface area (Å²) >= 11 is 0. The van der Waals surface area contributed by atoms with E-state index < -0.39 is 5.91 Å². The van der Waals surface area contributed by atoms with Crippen LogP contribution in [0, 0.1) is 0 Å². The first-order chi connectivity index (χ1) is 12.1. The van der Waals surface area contributed by atoms with Crippen LogP contribution in [0.3, 0.4) is 0 Å². The van der Waals surface area contributed by atoms with Crippen molar-refractivity contribution in [3.8, 4) is 5.75 Å². The zero-order valence-corrected chi connectivity index (χ0v) is 15.1. The summed E-state index contributed by atoms with van der Waals surface area (Å²) in [5, 5.41) is 2.87. The first-order valence-electron chi connectivity index (χ1n) is 9.17. The monoisotopic (exact) mass is 347 g/mol. The Bertz CT molecular complexity index is 571. The lowest BCUT2D eigenvalue weighted by molar-refractivity contribution is -0.123. The molecule has 6 heteroatoms. The highest BCUT2D eigenvalue weighted by Crippen LogP contribution is 2.28. The zero-order valence-electron chi connectivity index (χ0n) is 15.1. The Hall–Kier alpha value is -2.24. The Morgan fingerprint density at radius 3 is 2.60 bits per heavy atom. The molecule has 0 radical (unpaired) electrons. The summed E-state index contributed by atoms with van der Waals surface area (Å²) in [4.78, 5) is 23.7. The minimum absolute atomic E-state index is 0.142. The Balaban J connectivity index is 1.73. The van der Waals surface area contributed by atoms with Crippen LogP contribution in [0.1, 0.15) is 63.9 Å². The zero-order chi connectivity index (χ0) is 18.1. The van der Waals surface area contributed by atoms with Gasteiger partial charge in [0.1, 0.15) is 5.75 Å². The molecule has 0 aromatic heterocycles. The summed E-state index contributed by atoms with van der Waals surface area (Å²) in [6, 6.07) is 7.54. The molecule has 0 heterocycles. The van der Waals surface area contributed by atoms with Crippen LogP contribution in [0.2, 0.25) is 0 Å². The second-order valence-corrected chi connectivity index (χ2v) is 6.62. The van der Waals surface area contributed by atoms with Crippen molar-refractivity contribution in [2.45, 2.75) is 64.3 Å². The second-order valence-electron chi connectivity index (χ2n) is 6.62. The Labute approximate surface area is 149 Å². The lowest BCUT2D eigenvalue weighted by Gasteiger charge is -2.22. The smallest absolute Gasteiger partial charge is 0.333 e. The maximum Gasteiger partial charge on any atom is 0.333 e. The first kappa shape index (κ1) is 19.1. The highest BCUT2D eigenvalue weighted by atomic mass is 16.5. The number of hydrazine groups is 1.